The van der Waals surface area contributed by atoms with Crippen molar-refractivity contribution in [1.82, 2.24) is 10.0 Å². The molecule has 0 spiro atoms. The Bertz CT molecular complexity index is 112. The van der Waals surface area contributed by atoms with Gasteiger partial charge in [-0.3, -0.25) is 9.52 Å². The summed E-state index contributed by atoms with van der Waals surface area (Å²) in [6, 6.07) is 0. The quantitative estimate of drug-likeness (QED) is 0.200. The van der Waals surface area contributed by atoms with E-state index in [0.29, 0.717) is 19.5 Å². The lowest BCUT2D eigenvalue weighted by Gasteiger charge is -2.01. The summed E-state index contributed by atoms with van der Waals surface area (Å²) in [4.78, 5) is 10.8. The Hall–Kier alpha value is 0.0900. The van der Waals surface area contributed by atoms with Gasteiger partial charge in [-0.25, -0.2) is 0 Å². The first-order valence-corrected chi connectivity index (χ1v) is 5.18. The van der Waals surface area contributed by atoms with E-state index in [4.69, 9.17) is 5.73 Å². The lowest BCUT2D eigenvalue weighted by Crippen LogP contribution is -2.27. The van der Waals surface area contributed by atoms with E-state index in [1.165, 1.54) is 0 Å². The summed E-state index contributed by atoms with van der Waals surface area (Å²) in [5.41, 5.74) is 5.22. The molecule has 66 valence electrons. The van der Waals surface area contributed by atoms with Crippen LogP contribution in [-0.4, -0.2) is 25.5 Å². The number of hydrogen-bond acceptors (Lipinski definition) is 5. The van der Waals surface area contributed by atoms with Crippen molar-refractivity contribution >= 4 is 28.5 Å². The van der Waals surface area contributed by atoms with Crippen LogP contribution >= 0.6 is 22.6 Å². The Morgan fingerprint density at radius 1 is 1.55 bits per heavy atom. The highest BCUT2D eigenvalue weighted by Gasteiger charge is 1.97. The highest BCUT2D eigenvalue weighted by atomic mass is 33.1. The maximum atomic E-state index is 10.8. The molecule has 0 bridgehead atoms. The van der Waals surface area contributed by atoms with Crippen molar-refractivity contribution in [3.63, 3.8) is 0 Å². The van der Waals surface area contributed by atoms with E-state index in [-0.39, 0.29) is 5.91 Å². The number of amides is 1. The minimum Gasteiger partial charge on any atom is -0.329 e. The summed E-state index contributed by atoms with van der Waals surface area (Å²) >= 11 is 3.77. The van der Waals surface area contributed by atoms with Crippen molar-refractivity contribution in [1.29, 1.82) is 0 Å². The zero-order valence-electron chi connectivity index (χ0n) is 6.17. The molecule has 0 aliphatic heterocycles. The minimum absolute atomic E-state index is 0.0190. The molecule has 4 N–H and O–H groups in total. The number of thiol groups is 1. The van der Waals surface area contributed by atoms with Crippen LogP contribution < -0.4 is 15.8 Å². The average Bonchev–Trinajstić information content (AvgIpc) is 1.99. The summed E-state index contributed by atoms with van der Waals surface area (Å²) < 4.78 is 2.49. The van der Waals surface area contributed by atoms with Gasteiger partial charge in [-0.15, -0.1) is 0 Å². The minimum atomic E-state index is -0.0190. The topological polar surface area (TPSA) is 67.1 Å². The van der Waals surface area contributed by atoms with Gasteiger partial charge in [0.2, 0.25) is 5.91 Å². The van der Waals surface area contributed by atoms with E-state index in [2.05, 4.69) is 21.7 Å². The van der Waals surface area contributed by atoms with Gasteiger partial charge in [0, 0.05) is 37.0 Å². The van der Waals surface area contributed by atoms with Gasteiger partial charge < -0.3 is 11.1 Å². The van der Waals surface area contributed by atoms with Crippen LogP contribution in [0.3, 0.4) is 0 Å². The molecular formula is C5H13N3OS2. The molecule has 0 aliphatic carbocycles. The van der Waals surface area contributed by atoms with E-state index in [1.807, 2.05) is 0 Å². The van der Waals surface area contributed by atoms with Gasteiger partial charge >= 0.3 is 0 Å². The van der Waals surface area contributed by atoms with E-state index in [9.17, 15) is 4.79 Å². The van der Waals surface area contributed by atoms with E-state index in [1.54, 1.807) is 0 Å². The fourth-order valence-electron chi connectivity index (χ4n) is 0.531. The molecule has 0 radical (unpaired) electrons. The van der Waals surface area contributed by atoms with Gasteiger partial charge in [-0.2, -0.15) is 0 Å². The van der Waals surface area contributed by atoms with Gasteiger partial charge in [0.25, 0.3) is 0 Å². The number of rotatable bonds is 6. The second-order valence-electron chi connectivity index (χ2n) is 1.91. The molecule has 6 heteroatoms. The molecule has 0 unspecified atom stereocenters. The molecule has 0 saturated carbocycles. The Kier molecular flexibility index (Phi) is 8.26. The molecule has 4 nitrogen and oxygen atoms in total. The fraction of sp³-hybridized carbons (Fsp3) is 0.800. The molecular weight excluding hydrogens is 182 g/mol. The van der Waals surface area contributed by atoms with Gasteiger partial charge in [-0.05, 0) is 0 Å². The second kappa shape index (κ2) is 8.19. The normalized spacial score (nSPS) is 9.64. The lowest BCUT2D eigenvalue weighted by molar-refractivity contribution is -0.119. The van der Waals surface area contributed by atoms with Gasteiger partial charge in [0.1, 0.15) is 0 Å². The molecule has 0 aromatic carbocycles. The lowest BCUT2D eigenvalue weighted by atomic mass is 10.4. The van der Waals surface area contributed by atoms with Crippen LogP contribution in [0.2, 0.25) is 0 Å². The van der Waals surface area contributed by atoms with Crippen LogP contribution in [0.4, 0.5) is 0 Å². The van der Waals surface area contributed by atoms with Crippen LogP contribution in [0.5, 0.6) is 0 Å². The molecule has 0 fully saturated rings. The van der Waals surface area contributed by atoms with E-state index >= 15 is 0 Å². The van der Waals surface area contributed by atoms with E-state index in [0.717, 1.165) is 17.5 Å². The third-order valence-corrected chi connectivity index (χ3v) is 1.60. The van der Waals surface area contributed by atoms with Crippen LogP contribution in [0.15, 0.2) is 0 Å². The summed E-state index contributed by atoms with van der Waals surface area (Å²) in [5, 5.41) is 3.00. The third kappa shape index (κ3) is 7.99. The molecule has 11 heavy (non-hydrogen) atoms. The zero-order chi connectivity index (χ0) is 8.53. The van der Waals surface area contributed by atoms with Crippen molar-refractivity contribution in [2.24, 2.45) is 5.73 Å². The Morgan fingerprint density at radius 2 is 2.27 bits per heavy atom. The zero-order valence-corrected chi connectivity index (χ0v) is 7.88. The highest BCUT2D eigenvalue weighted by molar-refractivity contribution is 8.68. The summed E-state index contributed by atoms with van der Waals surface area (Å²) in [7, 11) is 1.02. The average molecular weight is 195 g/mol. The van der Waals surface area contributed by atoms with Crippen molar-refractivity contribution < 1.29 is 4.79 Å². The van der Waals surface area contributed by atoms with Crippen molar-refractivity contribution in [2.75, 3.05) is 19.6 Å². The molecule has 0 aromatic heterocycles. The molecule has 0 heterocycles. The summed E-state index contributed by atoms with van der Waals surface area (Å²) in [5.74, 6) is -0.0190. The van der Waals surface area contributed by atoms with Crippen LogP contribution in [-0.2, 0) is 4.79 Å². The fourth-order valence-corrected chi connectivity index (χ4v) is 1.04. The molecule has 0 aromatic rings. The number of nitrogens with one attached hydrogen (secondary N) is 2. The standard InChI is InChI=1S/C5H13N3OS2/c6-2-4-7-3-1-5(9)8-11-10/h7,10H,1-4,6H2,(H,8,9). The first kappa shape index (κ1) is 11.1. The van der Waals surface area contributed by atoms with Crippen molar-refractivity contribution in [2.45, 2.75) is 6.42 Å². The predicted octanol–water partition coefficient (Wildman–Crippen LogP) is -0.466. The van der Waals surface area contributed by atoms with Crippen LogP contribution in [0, 0.1) is 0 Å². The first-order chi connectivity index (χ1) is 5.31. The van der Waals surface area contributed by atoms with Crippen molar-refractivity contribution in [3.05, 3.63) is 0 Å². The maximum Gasteiger partial charge on any atom is 0.231 e. The first-order valence-electron chi connectivity index (χ1n) is 3.31. The number of hydrogen-bond donors (Lipinski definition) is 4. The summed E-state index contributed by atoms with van der Waals surface area (Å²) in [6.07, 6.45) is 0.466. The molecule has 0 saturated heterocycles. The molecule has 0 atom stereocenters. The Labute approximate surface area is 75.6 Å². The smallest absolute Gasteiger partial charge is 0.231 e. The number of carbonyl (C=O) groups is 1. The molecule has 1 amide bonds. The van der Waals surface area contributed by atoms with E-state index < -0.39 is 0 Å². The largest absolute Gasteiger partial charge is 0.329 e. The maximum absolute atomic E-state index is 10.8. The molecule has 0 rings (SSSR count). The molecule has 0 aliphatic rings. The van der Waals surface area contributed by atoms with Crippen molar-refractivity contribution in [3.8, 4) is 0 Å². The second-order valence-corrected chi connectivity index (χ2v) is 2.84. The SMILES string of the molecule is NCCNCCC(=O)NSS. The van der Waals surface area contributed by atoms with Gasteiger partial charge in [0.15, 0.2) is 0 Å². The summed E-state index contributed by atoms with van der Waals surface area (Å²) in [6.45, 7) is 2.02. The monoisotopic (exact) mass is 195 g/mol. The van der Waals surface area contributed by atoms with Crippen LogP contribution in [0.1, 0.15) is 6.42 Å². The predicted molar refractivity (Wildman–Crippen MR) is 51.3 cm³/mol. The number of carbonyl (C=O) groups excluding carboxylic acids is 1. The Morgan fingerprint density at radius 3 is 2.82 bits per heavy atom. The highest BCUT2D eigenvalue weighted by Crippen LogP contribution is 1.96. The van der Waals surface area contributed by atoms with Crippen LogP contribution in [0.25, 0.3) is 0 Å². The number of nitrogens with two attached hydrogens (primary N) is 1. The van der Waals surface area contributed by atoms with Gasteiger partial charge in [-0.1, -0.05) is 11.7 Å². The Balaban J connectivity index is 3.04. The van der Waals surface area contributed by atoms with Gasteiger partial charge in [0.05, 0.1) is 0 Å². The third-order valence-electron chi connectivity index (χ3n) is 1.01.